The lowest BCUT2D eigenvalue weighted by Crippen LogP contribution is -2.13. The van der Waals surface area contributed by atoms with Gasteiger partial charge in [0.1, 0.15) is 10.0 Å². The van der Waals surface area contributed by atoms with Crippen LogP contribution in [-0.2, 0) is 6.42 Å². The van der Waals surface area contributed by atoms with Crippen LogP contribution in [0.3, 0.4) is 0 Å². The molecule has 0 radical (unpaired) electrons. The van der Waals surface area contributed by atoms with Crippen molar-refractivity contribution in [1.82, 2.24) is 9.97 Å². The number of hydrogen-bond acceptors (Lipinski definition) is 6. The Morgan fingerprint density at radius 2 is 1.17 bits per heavy atom. The normalized spacial score (nSPS) is 12.3. The van der Waals surface area contributed by atoms with Gasteiger partial charge in [-0.1, -0.05) is 111 Å². The van der Waals surface area contributed by atoms with Crippen molar-refractivity contribution in [1.29, 1.82) is 0 Å². The summed E-state index contributed by atoms with van der Waals surface area (Å²) in [6.45, 7) is 10.3. The van der Waals surface area contributed by atoms with E-state index in [1.807, 2.05) is 12.1 Å². The van der Waals surface area contributed by atoms with Crippen LogP contribution in [0.15, 0.2) is 189 Å². The largest absolute Gasteiger partial charge is 0.310 e. The Hall–Kier alpha value is -7.38. The minimum absolute atomic E-state index is 0.968. The zero-order chi connectivity index (χ0) is 45.0. The zero-order valence-electron chi connectivity index (χ0n) is 37.5. The fourth-order valence-electron chi connectivity index (χ4n) is 8.76. The van der Waals surface area contributed by atoms with Gasteiger partial charge in [-0.05, 0) is 159 Å². The van der Waals surface area contributed by atoms with Crippen LogP contribution in [0.1, 0.15) is 52.6 Å². The van der Waals surface area contributed by atoms with Crippen molar-refractivity contribution >= 4 is 85.2 Å². The molecule has 0 bridgehead atoms. The van der Waals surface area contributed by atoms with E-state index in [1.165, 1.54) is 32.6 Å². The molecule has 2 heterocycles. The molecule has 7 aromatic carbocycles. The van der Waals surface area contributed by atoms with E-state index in [1.54, 1.807) is 28.7 Å². The Balaban J connectivity index is 0.984. The highest BCUT2D eigenvalue weighted by molar-refractivity contribution is 7.21. The topological polar surface area (TPSA) is 32.3 Å². The van der Waals surface area contributed by atoms with Gasteiger partial charge in [-0.15, -0.1) is 22.7 Å². The monoisotopic (exact) mass is 890 g/mol. The van der Waals surface area contributed by atoms with Crippen LogP contribution in [0.5, 0.6) is 0 Å². The first-order valence-corrected chi connectivity index (χ1v) is 24.3. The molecule has 0 atom stereocenters. The molecule has 10 rings (SSSR count). The molecular weight excluding hydrogens is 841 g/mol. The predicted molar refractivity (Wildman–Crippen MR) is 286 cm³/mol. The van der Waals surface area contributed by atoms with Crippen LogP contribution >= 0.6 is 22.7 Å². The molecule has 0 N–H and O–H groups in total. The van der Waals surface area contributed by atoms with Crippen molar-refractivity contribution in [3.05, 3.63) is 221 Å². The molecule has 1 aliphatic rings. The Labute approximate surface area is 396 Å². The fraction of sp³-hybridized carbons (Fsp3) is 0.100. The Bertz CT molecular complexity index is 3230. The van der Waals surface area contributed by atoms with Crippen LogP contribution < -0.4 is 9.80 Å². The third-order valence-corrected chi connectivity index (χ3v) is 14.4. The van der Waals surface area contributed by atoms with Gasteiger partial charge in [-0.3, -0.25) is 0 Å². The SMILES string of the molecule is C=C/C=C\c1sc(-c2ccc(N(c3ccc(-c4ccc(N(c5ccc(-c6nc7ccccc7s6)cc5)c5cccc(C)c5/C=C\CC)cc4)cc3)c3cccc4c3C=CCC4)cc2)nc1C. The van der Waals surface area contributed by atoms with E-state index < -0.39 is 0 Å². The number of anilines is 6. The second-order valence-electron chi connectivity index (χ2n) is 16.5. The van der Waals surface area contributed by atoms with Gasteiger partial charge in [0.15, 0.2) is 0 Å². The van der Waals surface area contributed by atoms with E-state index >= 15 is 0 Å². The number of rotatable bonds is 13. The summed E-state index contributed by atoms with van der Waals surface area (Å²) in [5.74, 6) is 0. The average molecular weight is 891 g/mol. The van der Waals surface area contributed by atoms with E-state index in [2.05, 4.69) is 219 Å². The number of nitrogens with zero attached hydrogens (tertiary/aromatic N) is 4. The van der Waals surface area contributed by atoms with Crippen molar-refractivity contribution in [3.8, 4) is 32.3 Å². The number of aromatic nitrogens is 2. The molecule has 9 aromatic rings. The fourth-order valence-corrected chi connectivity index (χ4v) is 10.7. The zero-order valence-corrected chi connectivity index (χ0v) is 39.1. The third-order valence-electron chi connectivity index (χ3n) is 12.2. The molecule has 0 fully saturated rings. The average Bonchev–Trinajstić information content (AvgIpc) is 3.97. The molecule has 0 unspecified atom stereocenters. The molecule has 1 aliphatic carbocycles. The standard InChI is InChI=1S/C60H50N4S2/c1-5-7-18-52-41(3)15-13-21-55(52)63(50-39-31-47(32-40-50)60-62-54-20-11-12-24-58(54)66-60)48-33-25-43(26-34-48)44-27-35-49(36-28-44)64(56-22-14-17-45-16-9-10-19-53(45)56)51-37-29-46(30-38-51)59-61-42(4)57(65-59)23-8-6-2/h6-8,10-15,17-40H,2,5,9,16H2,1,3-4H3/b18-7-,23-8-. The number of thiazole rings is 2. The van der Waals surface area contributed by atoms with E-state index in [9.17, 15) is 0 Å². The maximum atomic E-state index is 4.94. The van der Waals surface area contributed by atoms with E-state index in [4.69, 9.17) is 9.97 Å². The Morgan fingerprint density at radius 3 is 1.79 bits per heavy atom. The van der Waals surface area contributed by atoms with Crippen molar-refractivity contribution < 1.29 is 0 Å². The molecule has 0 spiro atoms. The summed E-state index contributed by atoms with van der Waals surface area (Å²) in [5, 5.41) is 2.04. The summed E-state index contributed by atoms with van der Waals surface area (Å²) >= 11 is 3.44. The summed E-state index contributed by atoms with van der Waals surface area (Å²) in [6, 6.07) is 57.3. The molecular formula is C60H50N4S2. The van der Waals surface area contributed by atoms with Gasteiger partial charge in [-0.25, -0.2) is 9.97 Å². The van der Waals surface area contributed by atoms with E-state index in [-0.39, 0.29) is 0 Å². The number of aryl methyl sites for hydroxylation is 3. The quantitative estimate of drug-likeness (QED) is 0.108. The van der Waals surface area contributed by atoms with Gasteiger partial charge in [0.05, 0.1) is 32.2 Å². The minimum atomic E-state index is 0.968. The first-order valence-electron chi connectivity index (χ1n) is 22.6. The lowest BCUT2D eigenvalue weighted by Gasteiger charge is -2.29. The molecule has 66 heavy (non-hydrogen) atoms. The number of benzene rings is 7. The minimum Gasteiger partial charge on any atom is -0.310 e. The lowest BCUT2D eigenvalue weighted by molar-refractivity contribution is 0.984. The van der Waals surface area contributed by atoms with Gasteiger partial charge in [0.2, 0.25) is 0 Å². The van der Waals surface area contributed by atoms with Crippen LogP contribution in [0.2, 0.25) is 0 Å². The van der Waals surface area contributed by atoms with Gasteiger partial charge in [0.25, 0.3) is 0 Å². The molecule has 0 saturated carbocycles. The van der Waals surface area contributed by atoms with Crippen molar-refractivity contribution in [2.75, 3.05) is 9.80 Å². The summed E-state index contributed by atoms with van der Waals surface area (Å²) in [7, 11) is 0. The highest BCUT2D eigenvalue weighted by Crippen LogP contribution is 2.43. The van der Waals surface area contributed by atoms with Crippen molar-refractivity contribution in [2.24, 2.45) is 0 Å². The van der Waals surface area contributed by atoms with Crippen molar-refractivity contribution in [3.63, 3.8) is 0 Å². The number of allylic oxidation sites excluding steroid dienone is 4. The molecule has 0 amide bonds. The first-order chi connectivity index (χ1) is 32.4. The van der Waals surface area contributed by atoms with Gasteiger partial charge >= 0.3 is 0 Å². The van der Waals surface area contributed by atoms with Crippen LogP contribution in [-0.4, -0.2) is 9.97 Å². The Kier molecular flexibility index (Phi) is 12.2. The second kappa shape index (κ2) is 19.0. The van der Waals surface area contributed by atoms with Gasteiger partial charge in [-0.2, -0.15) is 0 Å². The number of fused-ring (bicyclic) bond motifs is 2. The van der Waals surface area contributed by atoms with Crippen LogP contribution in [0.25, 0.3) is 60.7 Å². The summed E-state index contributed by atoms with van der Waals surface area (Å²) in [5.41, 5.74) is 18.4. The molecule has 2 aromatic heterocycles. The molecule has 0 aliphatic heterocycles. The number of para-hydroxylation sites is 1. The summed E-state index contributed by atoms with van der Waals surface area (Å²) in [4.78, 5) is 15.8. The maximum Gasteiger partial charge on any atom is 0.124 e. The molecule has 6 heteroatoms. The third kappa shape index (κ3) is 8.61. The lowest BCUT2D eigenvalue weighted by atomic mass is 9.95. The first kappa shape index (κ1) is 42.6. The van der Waals surface area contributed by atoms with Crippen LogP contribution in [0, 0.1) is 13.8 Å². The van der Waals surface area contributed by atoms with Crippen LogP contribution in [0.4, 0.5) is 34.1 Å². The highest BCUT2D eigenvalue weighted by atomic mass is 32.1. The van der Waals surface area contributed by atoms with Gasteiger partial charge in [0, 0.05) is 45.0 Å². The Morgan fingerprint density at radius 1 is 0.591 bits per heavy atom. The summed E-state index contributed by atoms with van der Waals surface area (Å²) < 4.78 is 1.20. The smallest absolute Gasteiger partial charge is 0.124 e. The predicted octanol–water partition coefficient (Wildman–Crippen LogP) is 17.9. The van der Waals surface area contributed by atoms with Crippen molar-refractivity contribution in [2.45, 2.75) is 40.0 Å². The molecule has 4 nitrogen and oxygen atoms in total. The number of hydrogen-bond donors (Lipinski definition) is 0. The van der Waals surface area contributed by atoms with Gasteiger partial charge < -0.3 is 9.80 Å². The molecule has 322 valence electrons. The maximum absolute atomic E-state index is 4.94. The van der Waals surface area contributed by atoms with E-state index in [0.29, 0.717) is 0 Å². The highest BCUT2D eigenvalue weighted by Gasteiger charge is 2.21. The summed E-state index contributed by atoms with van der Waals surface area (Å²) in [6.07, 6.45) is 18.0. The van der Waals surface area contributed by atoms with E-state index in [0.717, 1.165) is 96.1 Å². The molecule has 0 saturated heterocycles. The second-order valence-corrected chi connectivity index (χ2v) is 18.6.